The van der Waals surface area contributed by atoms with Crippen molar-refractivity contribution in [2.24, 2.45) is 17.3 Å². The maximum absolute atomic E-state index is 11.9. The van der Waals surface area contributed by atoms with E-state index in [-0.39, 0.29) is 17.1 Å². The number of fused-ring (bicyclic) bond motifs is 1. The lowest BCUT2D eigenvalue weighted by atomic mass is 9.82. The third-order valence-corrected chi connectivity index (χ3v) is 4.57. The van der Waals surface area contributed by atoms with E-state index in [1.54, 1.807) is 6.08 Å². The molecule has 0 bridgehead atoms. The van der Waals surface area contributed by atoms with Gasteiger partial charge in [0.15, 0.2) is 5.78 Å². The molecule has 94 valence electrons. The fraction of sp³-hybridized carbons (Fsp3) is 0.667. The van der Waals surface area contributed by atoms with Crippen LogP contribution in [0.25, 0.3) is 0 Å². The molecule has 0 radical (unpaired) electrons. The average Bonchev–Trinajstić information content (AvgIpc) is 2.91. The summed E-state index contributed by atoms with van der Waals surface area (Å²) in [5.74, 6) is 0.540. The van der Waals surface area contributed by atoms with Crippen molar-refractivity contribution >= 4 is 5.78 Å². The van der Waals surface area contributed by atoms with Crippen molar-refractivity contribution in [1.82, 2.24) is 0 Å². The Hall–Kier alpha value is -0.890. The van der Waals surface area contributed by atoms with E-state index in [1.165, 1.54) is 5.57 Å². The average molecular weight is 234 g/mol. The van der Waals surface area contributed by atoms with Crippen molar-refractivity contribution in [2.45, 2.75) is 46.6 Å². The highest BCUT2D eigenvalue weighted by molar-refractivity contribution is 5.94. The van der Waals surface area contributed by atoms with E-state index >= 15 is 0 Å². The quantitative estimate of drug-likeness (QED) is 0.600. The Morgan fingerprint density at radius 3 is 2.65 bits per heavy atom. The number of rotatable bonds is 4. The molecule has 0 unspecified atom stereocenters. The molecule has 2 nitrogen and oxygen atoms in total. The number of carbonyl (C=O) groups is 1. The Labute approximate surface area is 103 Å². The summed E-state index contributed by atoms with van der Waals surface area (Å²) in [5, 5.41) is 10.2. The van der Waals surface area contributed by atoms with E-state index in [4.69, 9.17) is 0 Å². The molecule has 2 heteroatoms. The van der Waals surface area contributed by atoms with Crippen LogP contribution >= 0.6 is 0 Å². The van der Waals surface area contributed by atoms with Gasteiger partial charge in [0, 0.05) is 0 Å². The van der Waals surface area contributed by atoms with Gasteiger partial charge in [0.2, 0.25) is 0 Å². The predicted molar refractivity (Wildman–Crippen MR) is 68.5 cm³/mol. The van der Waals surface area contributed by atoms with Crippen LogP contribution in [0.15, 0.2) is 23.3 Å². The predicted octanol–water partition coefficient (Wildman–Crippen LogP) is 2.88. The molecule has 1 saturated carbocycles. The van der Waals surface area contributed by atoms with Crippen LogP contribution in [0.1, 0.15) is 40.5 Å². The fourth-order valence-electron chi connectivity index (χ4n) is 3.27. The molecule has 0 aromatic carbocycles. The molecule has 0 amide bonds. The van der Waals surface area contributed by atoms with Gasteiger partial charge in [-0.05, 0) is 56.9 Å². The molecule has 1 N–H and O–H groups in total. The summed E-state index contributed by atoms with van der Waals surface area (Å²) in [4.78, 5) is 11.9. The van der Waals surface area contributed by atoms with E-state index in [2.05, 4.69) is 13.0 Å². The first-order chi connectivity index (χ1) is 7.88. The van der Waals surface area contributed by atoms with Gasteiger partial charge in [-0.3, -0.25) is 4.79 Å². The Balaban J connectivity index is 2.05. The topological polar surface area (TPSA) is 37.3 Å². The summed E-state index contributed by atoms with van der Waals surface area (Å²) in [6.07, 6.45) is 5.17. The van der Waals surface area contributed by atoms with E-state index in [9.17, 15) is 9.90 Å². The number of aliphatic hydroxyl groups excluding tert-OH is 1. The number of aliphatic hydroxyl groups is 1. The van der Waals surface area contributed by atoms with Crippen LogP contribution in [-0.2, 0) is 4.79 Å². The van der Waals surface area contributed by atoms with Crippen molar-refractivity contribution in [3.63, 3.8) is 0 Å². The van der Waals surface area contributed by atoms with Crippen LogP contribution in [0.2, 0.25) is 0 Å². The molecule has 2 rings (SSSR count). The minimum atomic E-state index is -0.839. The number of ketones is 1. The molecule has 2 aliphatic rings. The maximum Gasteiger partial charge on any atom is 0.184 e. The van der Waals surface area contributed by atoms with Crippen LogP contribution in [-0.4, -0.2) is 17.0 Å². The molecule has 0 heterocycles. The van der Waals surface area contributed by atoms with Crippen molar-refractivity contribution < 1.29 is 9.90 Å². The molecular weight excluding hydrogens is 212 g/mol. The SMILES string of the molecule is CC(C)=CC(=O)[C@H](O)[C@H](C)[C@@]12CC=C(C)[C@@H]1C2. The van der Waals surface area contributed by atoms with Crippen LogP contribution in [0.4, 0.5) is 0 Å². The lowest BCUT2D eigenvalue weighted by Gasteiger charge is -2.25. The minimum absolute atomic E-state index is 0.0595. The molecule has 4 atom stereocenters. The normalized spacial score (nSPS) is 33.5. The van der Waals surface area contributed by atoms with Crippen LogP contribution in [0.5, 0.6) is 0 Å². The molecule has 0 saturated heterocycles. The molecule has 1 fully saturated rings. The lowest BCUT2D eigenvalue weighted by molar-refractivity contribution is -0.126. The Morgan fingerprint density at radius 1 is 1.59 bits per heavy atom. The van der Waals surface area contributed by atoms with E-state index < -0.39 is 6.10 Å². The first-order valence-electron chi connectivity index (χ1n) is 6.42. The third kappa shape index (κ3) is 1.99. The highest BCUT2D eigenvalue weighted by Crippen LogP contribution is 2.67. The Morgan fingerprint density at radius 2 is 2.24 bits per heavy atom. The second-order valence-corrected chi connectivity index (χ2v) is 6.00. The molecule has 0 aromatic rings. The van der Waals surface area contributed by atoms with Crippen molar-refractivity contribution in [1.29, 1.82) is 0 Å². The first kappa shape index (κ1) is 12.6. The zero-order chi connectivity index (χ0) is 12.8. The molecule has 0 aromatic heterocycles. The molecule has 0 aliphatic heterocycles. The van der Waals surface area contributed by atoms with Gasteiger partial charge in [-0.2, -0.15) is 0 Å². The Kier molecular flexibility index (Phi) is 3.03. The zero-order valence-corrected chi connectivity index (χ0v) is 11.2. The smallest absolute Gasteiger partial charge is 0.184 e. The van der Waals surface area contributed by atoms with E-state index in [0.29, 0.717) is 5.92 Å². The highest BCUT2D eigenvalue weighted by atomic mass is 16.3. The summed E-state index contributed by atoms with van der Waals surface area (Å²) in [6.45, 7) is 7.95. The van der Waals surface area contributed by atoms with Crippen LogP contribution < -0.4 is 0 Å². The standard InChI is InChI=1S/C15H22O2/c1-9(2)7-13(16)14(17)11(4)15-6-5-10(3)12(15)8-15/h5,7,11-12,14,17H,6,8H2,1-4H3/t11-,12-,14+,15-/m0/s1. The lowest BCUT2D eigenvalue weighted by Crippen LogP contribution is -2.33. The van der Waals surface area contributed by atoms with Crippen LogP contribution in [0, 0.1) is 17.3 Å². The van der Waals surface area contributed by atoms with Gasteiger partial charge in [0.25, 0.3) is 0 Å². The van der Waals surface area contributed by atoms with Gasteiger partial charge in [-0.15, -0.1) is 0 Å². The summed E-state index contributed by atoms with van der Waals surface area (Å²) >= 11 is 0. The number of allylic oxidation sites excluding steroid dienone is 3. The minimum Gasteiger partial charge on any atom is -0.385 e. The number of carbonyl (C=O) groups excluding carboxylic acids is 1. The summed E-state index contributed by atoms with van der Waals surface area (Å²) in [5.41, 5.74) is 2.58. The number of hydrogen-bond acceptors (Lipinski definition) is 2. The molecule has 17 heavy (non-hydrogen) atoms. The summed E-state index contributed by atoms with van der Waals surface area (Å²) in [6, 6.07) is 0. The van der Waals surface area contributed by atoms with Gasteiger partial charge in [-0.1, -0.05) is 24.1 Å². The zero-order valence-electron chi connectivity index (χ0n) is 11.2. The maximum atomic E-state index is 11.9. The van der Waals surface area contributed by atoms with E-state index in [0.717, 1.165) is 18.4 Å². The summed E-state index contributed by atoms with van der Waals surface area (Å²) < 4.78 is 0. The molecular formula is C15H22O2. The van der Waals surface area contributed by atoms with Gasteiger partial charge >= 0.3 is 0 Å². The van der Waals surface area contributed by atoms with Gasteiger partial charge in [0.05, 0.1) is 0 Å². The van der Waals surface area contributed by atoms with Crippen molar-refractivity contribution in [2.75, 3.05) is 0 Å². The largest absolute Gasteiger partial charge is 0.385 e. The third-order valence-electron chi connectivity index (χ3n) is 4.57. The highest BCUT2D eigenvalue weighted by Gasteiger charge is 2.61. The van der Waals surface area contributed by atoms with Gasteiger partial charge in [0.1, 0.15) is 6.10 Å². The first-order valence-corrected chi connectivity index (χ1v) is 6.42. The van der Waals surface area contributed by atoms with Crippen molar-refractivity contribution in [3.05, 3.63) is 23.3 Å². The summed E-state index contributed by atoms with van der Waals surface area (Å²) in [7, 11) is 0. The molecule has 2 aliphatic carbocycles. The van der Waals surface area contributed by atoms with Gasteiger partial charge < -0.3 is 5.11 Å². The second kappa shape index (κ2) is 4.09. The van der Waals surface area contributed by atoms with Crippen molar-refractivity contribution in [3.8, 4) is 0 Å². The monoisotopic (exact) mass is 234 g/mol. The second-order valence-electron chi connectivity index (χ2n) is 6.00. The number of hydrogen-bond donors (Lipinski definition) is 1. The fourth-order valence-corrected chi connectivity index (χ4v) is 3.27. The van der Waals surface area contributed by atoms with Gasteiger partial charge in [-0.25, -0.2) is 0 Å². The van der Waals surface area contributed by atoms with E-state index in [1.807, 2.05) is 20.8 Å². The van der Waals surface area contributed by atoms with Crippen LogP contribution in [0.3, 0.4) is 0 Å². The molecule has 0 spiro atoms. The Bertz CT molecular complexity index is 401.